The second-order valence-electron chi connectivity index (χ2n) is 4.00. The normalized spacial score (nSPS) is 12.7. The van der Waals surface area contributed by atoms with E-state index < -0.39 is 5.97 Å². The topological polar surface area (TPSA) is 40.5 Å². The molecule has 0 aliphatic rings. The molecule has 0 amide bonds. The van der Waals surface area contributed by atoms with Crippen molar-refractivity contribution in [2.45, 2.75) is 25.8 Å². The summed E-state index contributed by atoms with van der Waals surface area (Å²) >= 11 is 0. The summed E-state index contributed by atoms with van der Waals surface area (Å²) in [7, 11) is 1.98. The number of carboxylic acids is 1. The van der Waals surface area contributed by atoms with Gasteiger partial charge in [0, 0.05) is 6.04 Å². The summed E-state index contributed by atoms with van der Waals surface area (Å²) in [5.41, 5.74) is 1.07. The van der Waals surface area contributed by atoms with Gasteiger partial charge in [-0.1, -0.05) is 37.3 Å². The number of nitrogens with zero attached hydrogens (tertiary/aromatic N) is 1. The molecule has 1 unspecified atom stereocenters. The molecule has 0 radical (unpaired) electrons. The van der Waals surface area contributed by atoms with E-state index in [1.807, 2.05) is 37.4 Å². The van der Waals surface area contributed by atoms with E-state index in [0.717, 1.165) is 18.5 Å². The first-order chi connectivity index (χ1) is 7.65. The fraction of sp³-hybridized carbons (Fsp3) is 0.462. The highest BCUT2D eigenvalue weighted by molar-refractivity contribution is 5.67. The zero-order chi connectivity index (χ0) is 12.0. The first-order valence-electron chi connectivity index (χ1n) is 5.62. The van der Waals surface area contributed by atoms with Crippen LogP contribution in [0.15, 0.2) is 30.3 Å². The lowest BCUT2D eigenvalue weighted by molar-refractivity contribution is -0.138. The van der Waals surface area contributed by atoms with Gasteiger partial charge in [0.15, 0.2) is 0 Å². The van der Waals surface area contributed by atoms with E-state index in [2.05, 4.69) is 11.8 Å². The number of benzene rings is 1. The fourth-order valence-electron chi connectivity index (χ4n) is 1.88. The van der Waals surface area contributed by atoms with Crippen LogP contribution in [0.3, 0.4) is 0 Å². The van der Waals surface area contributed by atoms with Crippen molar-refractivity contribution < 1.29 is 9.90 Å². The Morgan fingerprint density at radius 2 is 2.00 bits per heavy atom. The third-order valence-corrected chi connectivity index (χ3v) is 2.66. The zero-order valence-corrected chi connectivity index (χ0v) is 9.89. The molecule has 0 saturated heterocycles. The van der Waals surface area contributed by atoms with E-state index in [0.29, 0.717) is 0 Å². The van der Waals surface area contributed by atoms with Crippen molar-refractivity contribution in [3.63, 3.8) is 0 Å². The molecule has 0 saturated carbocycles. The maximum Gasteiger partial charge on any atom is 0.305 e. The van der Waals surface area contributed by atoms with E-state index in [4.69, 9.17) is 5.11 Å². The van der Waals surface area contributed by atoms with Gasteiger partial charge in [0.05, 0.1) is 6.42 Å². The fourth-order valence-corrected chi connectivity index (χ4v) is 1.88. The summed E-state index contributed by atoms with van der Waals surface area (Å²) in [6.45, 7) is 3.01. The minimum absolute atomic E-state index is 0.0290. The minimum atomic E-state index is -0.753. The highest BCUT2D eigenvalue weighted by Gasteiger charge is 2.19. The van der Waals surface area contributed by atoms with Gasteiger partial charge in [-0.2, -0.15) is 0 Å². The van der Waals surface area contributed by atoms with Crippen molar-refractivity contribution in [1.29, 1.82) is 0 Å². The number of hydrogen-bond acceptors (Lipinski definition) is 2. The Hall–Kier alpha value is -1.35. The monoisotopic (exact) mass is 221 g/mol. The van der Waals surface area contributed by atoms with Crippen molar-refractivity contribution in [2.24, 2.45) is 0 Å². The molecule has 0 fully saturated rings. The lowest BCUT2D eigenvalue weighted by Crippen LogP contribution is -2.27. The molecule has 1 atom stereocenters. The van der Waals surface area contributed by atoms with Gasteiger partial charge >= 0.3 is 5.97 Å². The smallest absolute Gasteiger partial charge is 0.305 e. The van der Waals surface area contributed by atoms with Crippen LogP contribution >= 0.6 is 0 Å². The first-order valence-corrected chi connectivity index (χ1v) is 5.62. The first kappa shape index (κ1) is 12.7. The Labute approximate surface area is 96.7 Å². The van der Waals surface area contributed by atoms with Gasteiger partial charge in [0.1, 0.15) is 0 Å². The third-order valence-electron chi connectivity index (χ3n) is 2.66. The largest absolute Gasteiger partial charge is 0.481 e. The number of hydrogen-bond donors (Lipinski definition) is 1. The van der Waals surface area contributed by atoms with Crippen molar-refractivity contribution >= 4 is 5.97 Å². The third kappa shape index (κ3) is 3.66. The molecule has 0 aliphatic heterocycles. The molecule has 3 heteroatoms. The summed E-state index contributed by atoms with van der Waals surface area (Å²) in [4.78, 5) is 13.0. The van der Waals surface area contributed by atoms with Crippen molar-refractivity contribution in [3.8, 4) is 0 Å². The predicted octanol–water partition coefficient (Wildman–Crippen LogP) is 2.54. The summed E-state index contributed by atoms with van der Waals surface area (Å²) in [5.74, 6) is -0.753. The van der Waals surface area contributed by atoms with Crippen LogP contribution in [0.2, 0.25) is 0 Å². The van der Waals surface area contributed by atoms with Crippen LogP contribution in [0.4, 0.5) is 0 Å². The second-order valence-corrected chi connectivity index (χ2v) is 4.00. The maximum absolute atomic E-state index is 10.9. The van der Waals surface area contributed by atoms with E-state index in [1.165, 1.54) is 0 Å². The molecule has 1 aromatic rings. The minimum Gasteiger partial charge on any atom is -0.481 e. The Balaban J connectivity index is 2.82. The van der Waals surface area contributed by atoms with Gasteiger partial charge in [0.25, 0.3) is 0 Å². The van der Waals surface area contributed by atoms with Crippen LogP contribution in [0.1, 0.15) is 31.4 Å². The molecular formula is C13H19NO2. The van der Waals surface area contributed by atoms with Gasteiger partial charge in [0.2, 0.25) is 0 Å². The van der Waals surface area contributed by atoms with Crippen LogP contribution in [0.25, 0.3) is 0 Å². The van der Waals surface area contributed by atoms with E-state index >= 15 is 0 Å². The SMILES string of the molecule is CCCN(C)C(CC(=O)O)c1ccccc1. The molecule has 0 heterocycles. The van der Waals surface area contributed by atoms with E-state index in [1.54, 1.807) is 0 Å². The summed E-state index contributed by atoms with van der Waals surface area (Å²) < 4.78 is 0. The molecule has 0 aliphatic carbocycles. The molecule has 1 aromatic carbocycles. The summed E-state index contributed by atoms with van der Waals surface area (Å²) in [6, 6.07) is 9.79. The van der Waals surface area contributed by atoms with Crippen LogP contribution < -0.4 is 0 Å². The average molecular weight is 221 g/mol. The van der Waals surface area contributed by atoms with Crippen LogP contribution in [-0.4, -0.2) is 29.6 Å². The molecule has 3 nitrogen and oxygen atoms in total. The Morgan fingerprint density at radius 1 is 1.38 bits per heavy atom. The van der Waals surface area contributed by atoms with Crippen LogP contribution in [-0.2, 0) is 4.79 Å². The molecule has 0 spiro atoms. The highest BCUT2D eigenvalue weighted by Crippen LogP contribution is 2.22. The Morgan fingerprint density at radius 3 is 2.50 bits per heavy atom. The zero-order valence-electron chi connectivity index (χ0n) is 9.89. The number of carbonyl (C=O) groups is 1. The summed E-state index contributed by atoms with van der Waals surface area (Å²) in [5, 5.41) is 8.94. The van der Waals surface area contributed by atoms with E-state index in [-0.39, 0.29) is 12.5 Å². The van der Waals surface area contributed by atoms with Crippen molar-refractivity contribution in [3.05, 3.63) is 35.9 Å². The molecule has 0 bridgehead atoms. The van der Waals surface area contributed by atoms with Gasteiger partial charge < -0.3 is 5.11 Å². The molecule has 88 valence electrons. The Kier molecular flexibility index (Phi) is 4.99. The quantitative estimate of drug-likeness (QED) is 0.802. The standard InChI is InChI=1S/C13H19NO2/c1-3-9-14(2)12(10-13(15)16)11-7-5-4-6-8-11/h4-8,12H,3,9-10H2,1-2H3,(H,15,16). The van der Waals surface area contributed by atoms with Gasteiger partial charge in [-0.15, -0.1) is 0 Å². The number of rotatable bonds is 6. The average Bonchev–Trinajstić information content (AvgIpc) is 2.27. The van der Waals surface area contributed by atoms with Gasteiger partial charge in [-0.05, 0) is 25.6 Å². The maximum atomic E-state index is 10.9. The van der Waals surface area contributed by atoms with Gasteiger partial charge in [-0.3, -0.25) is 9.69 Å². The summed E-state index contributed by atoms with van der Waals surface area (Å²) in [6.07, 6.45) is 1.18. The predicted molar refractivity (Wildman–Crippen MR) is 64.4 cm³/mol. The second kappa shape index (κ2) is 6.28. The van der Waals surface area contributed by atoms with E-state index in [9.17, 15) is 4.79 Å². The highest BCUT2D eigenvalue weighted by atomic mass is 16.4. The molecular weight excluding hydrogens is 202 g/mol. The number of carboxylic acid groups (broad SMARTS) is 1. The van der Waals surface area contributed by atoms with Crippen LogP contribution in [0.5, 0.6) is 0 Å². The molecule has 16 heavy (non-hydrogen) atoms. The lowest BCUT2D eigenvalue weighted by atomic mass is 10.0. The molecule has 1 rings (SSSR count). The number of aliphatic carboxylic acids is 1. The lowest BCUT2D eigenvalue weighted by Gasteiger charge is -2.26. The molecule has 1 N–H and O–H groups in total. The Bertz CT molecular complexity index is 324. The van der Waals surface area contributed by atoms with Crippen molar-refractivity contribution in [1.82, 2.24) is 4.90 Å². The van der Waals surface area contributed by atoms with Crippen molar-refractivity contribution in [2.75, 3.05) is 13.6 Å². The van der Waals surface area contributed by atoms with Crippen LogP contribution in [0, 0.1) is 0 Å². The van der Waals surface area contributed by atoms with Gasteiger partial charge in [-0.25, -0.2) is 0 Å². The molecule has 0 aromatic heterocycles.